The number of para-hydroxylation sites is 1. The van der Waals surface area contributed by atoms with Crippen LogP contribution in [0.3, 0.4) is 0 Å². The van der Waals surface area contributed by atoms with Crippen molar-refractivity contribution in [2.24, 2.45) is 0 Å². The Labute approximate surface area is 164 Å². The van der Waals surface area contributed by atoms with Crippen LogP contribution in [0.5, 0.6) is 11.5 Å². The van der Waals surface area contributed by atoms with Gasteiger partial charge in [0.25, 0.3) is 0 Å². The number of rotatable bonds is 8. The first kappa shape index (κ1) is 19.5. The number of ether oxygens (including phenoxy) is 3. The van der Waals surface area contributed by atoms with Crippen molar-refractivity contribution in [1.29, 1.82) is 0 Å². The Morgan fingerprint density at radius 2 is 1.75 bits per heavy atom. The van der Waals surface area contributed by atoms with E-state index < -0.39 is 5.97 Å². The van der Waals surface area contributed by atoms with Crippen molar-refractivity contribution in [3.8, 4) is 11.5 Å². The molecular weight excluding hydrogens is 358 g/mol. The van der Waals surface area contributed by atoms with Gasteiger partial charge in [0, 0.05) is 5.56 Å². The van der Waals surface area contributed by atoms with E-state index in [-0.39, 0.29) is 6.61 Å². The van der Waals surface area contributed by atoms with E-state index in [2.05, 4.69) is 5.16 Å². The zero-order valence-electron chi connectivity index (χ0n) is 16.2. The first-order chi connectivity index (χ1) is 13.6. The lowest BCUT2D eigenvalue weighted by Crippen LogP contribution is -2.06. The Kier molecular flexibility index (Phi) is 6.32. The standard InChI is InChI=1S/C22H23NO5/c1-4-25-21-8-6-5-7-18(21)13-27-22(24)17-9-11-19(12-10-17)26-14-20-15(2)23-28-16(20)3/h5-12H,4,13-14H2,1-3H3. The van der Waals surface area contributed by atoms with Gasteiger partial charge >= 0.3 is 5.97 Å². The summed E-state index contributed by atoms with van der Waals surface area (Å²) < 4.78 is 21.8. The molecule has 3 aromatic rings. The Hall–Kier alpha value is -3.28. The number of hydrogen-bond acceptors (Lipinski definition) is 6. The summed E-state index contributed by atoms with van der Waals surface area (Å²) >= 11 is 0. The number of hydrogen-bond donors (Lipinski definition) is 0. The van der Waals surface area contributed by atoms with Crippen molar-refractivity contribution in [2.75, 3.05) is 6.61 Å². The lowest BCUT2D eigenvalue weighted by atomic mass is 10.2. The maximum absolute atomic E-state index is 12.3. The zero-order chi connectivity index (χ0) is 19.9. The van der Waals surface area contributed by atoms with E-state index in [1.54, 1.807) is 24.3 Å². The normalized spacial score (nSPS) is 10.5. The Morgan fingerprint density at radius 1 is 1.00 bits per heavy atom. The van der Waals surface area contributed by atoms with Gasteiger partial charge in [-0.3, -0.25) is 0 Å². The fourth-order valence-electron chi connectivity index (χ4n) is 2.70. The number of benzene rings is 2. The van der Waals surface area contributed by atoms with Gasteiger partial charge < -0.3 is 18.7 Å². The van der Waals surface area contributed by atoms with Gasteiger partial charge in [-0.1, -0.05) is 23.4 Å². The molecule has 0 amide bonds. The second-order valence-corrected chi connectivity index (χ2v) is 6.23. The molecule has 1 aromatic heterocycles. The number of esters is 1. The lowest BCUT2D eigenvalue weighted by Gasteiger charge is -2.11. The third-order valence-electron chi connectivity index (χ3n) is 4.29. The summed E-state index contributed by atoms with van der Waals surface area (Å²) in [6.45, 7) is 6.70. The molecule has 3 rings (SSSR count). The molecule has 1 heterocycles. The highest BCUT2D eigenvalue weighted by Gasteiger charge is 2.12. The van der Waals surface area contributed by atoms with Gasteiger partial charge in [-0.15, -0.1) is 0 Å². The highest BCUT2D eigenvalue weighted by Crippen LogP contribution is 2.21. The van der Waals surface area contributed by atoms with E-state index in [1.807, 2.05) is 45.0 Å². The van der Waals surface area contributed by atoms with E-state index >= 15 is 0 Å². The van der Waals surface area contributed by atoms with E-state index in [0.29, 0.717) is 24.5 Å². The fraction of sp³-hybridized carbons (Fsp3) is 0.273. The number of aromatic nitrogens is 1. The van der Waals surface area contributed by atoms with Crippen LogP contribution in [0.2, 0.25) is 0 Å². The zero-order valence-corrected chi connectivity index (χ0v) is 16.2. The number of nitrogens with zero attached hydrogens (tertiary/aromatic N) is 1. The van der Waals surface area contributed by atoms with Crippen LogP contribution in [0.4, 0.5) is 0 Å². The van der Waals surface area contributed by atoms with Crippen LogP contribution in [0.15, 0.2) is 53.1 Å². The van der Waals surface area contributed by atoms with Gasteiger partial charge in [-0.05, 0) is 51.1 Å². The third-order valence-corrected chi connectivity index (χ3v) is 4.29. The van der Waals surface area contributed by atoms with Crippen molar-refractivity contribution in [1.82, 2.24) is 5.16 Å². The third kappa shape index (κ3) is 4.71. The highest BCUT2D eigenvalue weighted by atomic mass is 16.5. The van der Waals surface area contributed by atoms with E-state index in [1.165, 1.54) is 0 Å². The molecule has 6 heteroatoms. The summed E-state index contributed by atoms with van der Waals surface area (Å²) in [6.07, 6.45) is 0. The summed E-state index contributed by atoms with van der Waals surface area (Å²) in [5, 5.41) is 3.90. The minimum absolute atomic E-state index is 0.152. The molecule has 0 aliphatic rings. The predicted molar refractivity (Wildman–Crippen MR) is 103 cm³/mol. The van der Waals surface area contributed by atoms with Gasteiger partial charge in [-0.25, -0.2) is 4.79 Å². The molecule has 0 fully saturated rings. The van der Waals surface area contributed by atoms with Crippen LogP contribution >= 0.6 is 0 Å². The van der Waals surface area contributed by atoms with Gasteiger partial charge in [0.05, 0.1) is 23.4 Å². The molecule has 0 radical (unpaired) electrons. The smallest absolute Gasteiger partial charge is 0.338 e. The summed E-state index contributed by atoms with van der Waals surface area (Å²) in [7, 11) is 0. The van der Waals surface area contributed by atoms with Crippen molar-refractivity contribution in [2.45, 2.75) is 34.0 Å². The predicted octanol–water partition coefficient (Wildman–Crippen LogP) is 4.63. The highest BCUT2D eigenvalue weighted by molar-refractivity contribution is 5.89. The SMILES string of the molecule is CCOc1ccccc1COC(=O)c1ccc(OCc2c(C)noc2C)cc1. The Bertz CT molecular complexity index is 911. The van der Waals surface area contributed by atoms with Crippen LogP contribution in [-0.4, -0.2) is 17.7 Å². The van der Waals surface area contributed by atoms with Gasteiger partial charge in [-0.2, -0.15) is 0 Å². The second-order valence-electron chi connectivity index (χ2n) is 6.23. The Balaban J connectivity index is 1.56. The number of carbonyl (C=O) groups excluding carboxylic acids is 1. The average Bonchev–Trinajstić information content (AvgIpc) is 3.03. The van der Waals surface area contributed by atoms with Crippen molar-refractivity contribution in [3.63, 3.8) is 0 Å². The van der Waals surface area contributed by atoms with Crippen LogP contribution in [0.25, 0.3) is 0 Å². The largest absolute Gasteiger partial charge is 0.493 e. The average molecular weight is 381 g/mol. The number of aryl methyl sites for hydroxylation is 2. The maximum atomic E-state index is 12.3. The molecule has 146 valence electrons. The molecule has 0 atom stereocenters. The Morgan fingerprint density at radius 3 is 2.43 bits per heavy atom. The lowest BCUT2D eigenvalue weighted by molar-refractivity contribution is 0.0469. The van der Waals surface area contributed by atoms with E-state index in [4.69, 9.17) is 18.7 Å². The summed E-state index contributed by atoms with van der Waals surface area (Å²) in [6, 6.07) is 14.3. The molecule has 0 bridgehead atoms. The minimum Gasteiger partial charge on any atom is -0.493 e. The summed E-state index contributed by atoms with van der Waals surface area (Å²) in [5.41, 5.74) is 3.03. The molecule has 0 aliphatic carbocycles. The molecule has 0 spiro atoms. The first-order valence-electron chi connectivity index (χ1n) is 9.11. The van der Waals surface area contributed by atoms with Crippen LogP contribution in [0, 0.1) is 13.8 Å². The molecule has 0 saturated heterocycles. The van der Waals surface area contributed by atoms with Crippen LogP contribution in [-0.2, 0) is 18.0 Å². The van der Waals surface area contributed by atoms with Crippen LogP contribution < -0.4 is 9.47 Å². The quantitative estimate of drug-likeness (QED) is 0.530. The van der Waals surface area contributed by atoms with Gasteiger partial charge in [0.2, 0.25) is 0 Å². The summed E-state index contributed by atoms with van der Waals surface area (Å²) in [4.78, 5) is 12.3. The molecular formula is C22H23NO5. The monoisotopic (exact) mass is 381 g/mol. The molecule has 6 nitrogen and oxygen atoms in total. The fourth-order valence-corrected chi connectivity index (χ4v) is 2.70. The topological polar surface area (TPSA) is 70.8 Å². The maximum Gasteiger partial charge on any atom is 0.338 e. The van der Waals surface area contributed by atoms with Crippen molar-refractivity contribution in [3.05, 3.63) is 76.7 Å². The molecule has 28 heavy (non-hydrogen) atoms. The van der Waals surface area contributed by atoms with E-state index in [0.717, 1.165) is 28.3 Å². The van der Waals surface area contributed by atoms with Gasteiger partial charge in [0.1, 0.15) is 30.5 Å². The summed E-state index contributed by atoms with van der Waals surface area (Å²) in [5.74, 6) is 1.72. The second kappa shape index (κ2) is 9.08. The van der Waals surface area contributed by atoms with Gasteiger partial charge in [0.15, 0.2) is 0 Å². The molecule has 0 N–H and O–H groups in total. The molecule has 2 aromatic carbocycles. The van der Waals surface area contributed by atoms with Crippen LogP contribution in [0.1, 0.15) is 39.9 Å². The minimum atomic E-state index is -0.399. The van der Waals surface area contributed by atoms with E-state index in [9.17, 15) is 4.79 Å². The van der Waals surface area contributed by atoms with Crippen molar-refractivity contribution >= 4 is 5.97 Å². The molecule has 0 unspecified atom stereocenters. The van der Waals surface area contributed by atoms with Crippen molar-refractivity contribution < 1.29 is 23.5 Å². The number of carbonyl (C=O) groups is 1. The molecule has 0 aliphatic heterocycles. The molecule has 0 saturated carbocycles. The first-order valence-corrected chi connectivity index (χ1v) is 9.11.